The van der Waals surface area contributed by atoms with Crippen molar-refractivity contribution in [1.29, 1.82) is 0 Å². The maximum atomic E-state index is 11.9. The highest BCUT2D eigenvalue weighted by Crippen LogP contribution is 2.33. The standard InChI is InChI=1S/C20H20N2O2S/c21-25(23,24)20-12-4-11-19-18(20)10-5-13-22(19)14-16-8-3-7-15-6-1-2-9-17(15)16/h1-4,6-9,11-12H,5,10,13-14H2,(H2,21,23,24). The Balaban J connectivity index is 1.77. The van der Waals surface area contributed by atoms with Crippen LogP contribution in [0.5, 0.6) is 0 Å². The molecule has 1 heterocycles. The third kappa shape index (κ3) is 3.01. The van der Waals surface area contributed by atoms with Gasteiger partial charge >= 0.3 is 0 Å². The number of fused-ring (bicyclic) bond motifs is 2. The van der Waals surface area contributed by atoms with Gasteiger partial charge in [0.05, 0.1) is 4.90 Å². The molecule has 2 N–H and O–H groups in total. The second-order valence-electron chi connectivity index (χ2n) is 6.46. The van der Waals surface area contributed by atoms with Crippen molar-refractivity contribution in [3.8, 4) is 0 Å². The monoisotopic (exact) mass is 352 g/mol. The first-order valence-corrected chi connectivity index (χ1v) is 9.95. The molecule has 0 fully saturated rings. The van der Waals surface area contributed by atoms with Gasteiger partial charge in [0.2, 0.25) is 10.0 Å². The fraction of sp³-hybridized carbons (Fsp3) is 0.200. The van der Waals surface area contributed by atoms with Crippen molar-refractivity contribution < 1.29 is 8.42 Å². The van der Waals surface area contributed by atoms with E-state index in [1.807, 2.05) is 12.1 Å². The van der Waals surface area contributed by atoms with Gasteiger partial charge < -0.3 is 4.90 Å². The maximum absolute atomic E-state index is 11.9. The van der Waals surface area contributed by atoms with Crippen LogP contribution in [0.1, 0.15) is 17.5 Å². The molecule has 0 aliphatic carbocycles. The molecule has 4 nitrogen and oxygen atoms in total. The van der Waals surface area contributed by atoms with Gasteiger partial charge in [0.15, 0.2) is 0 Å². The summed E-state index contributed by atoms with van der Waals surface area (Å²) in [5.74, 6) is 0. The summed E-state index contributed by atoms with van der Waals surface area (Å²) in [5, 5.41) is 7.86. The van der Waals surface area contributed by atoms with Crippen molar-refractivity contribution in [3.05, 3.63) is 71.8 Å². The van der Waals surface area contributed by atoms with E-state index in [1.54, 1.807) is 12.1 Å². The van der Waals surface area contributed by atoms with Gasteiger partial charge in [0.25, 0.3) is 0 Å². The Hall–Kier alpha value is -2.37. The Labute approximate surface area is 147 Å². The first kappa shape index (κ1) is 16.1. The van der Waals surface area contributed by atoms with Crippen LogP contribution in [0.15, 0.2) is 65.6 Å². The maximum Gasteiger partial charge on any atom is 0.238 e. The van der Waals surface area contributed by atoms with Crippen LogP contribution in [0.3, 0.4) is 0 Å². The van der Waals surface area contributed by atoms with E-state index in [-0.39, 0.29) is 4.90 Å². The Morgan fingerprint density at radius 3 is 2.56 bits per heavy atom. The van der Waals surface area contributed by atoms with Crippen LogP contribution in [0.2, 0.25) is 0 Å². The molecule has 1 aliphatic rings. The van der Waals surface area contributed by atoms with E-state index < -0.39 is 10.0 Å². The molecule has 0 amide bonds. The summed E-state index contributed by atoms with van der Waals surface area (Å²) in [6.45, 7) is 1.66. The van der Waals surface area contributed by atoms with Crippen LogP contribution in [0, 0.1) is 0 Å². The van der Waals surface area contributed by atoms with E-state index in [4.69, 9.17) is 5.14 Å². The molecule has 5 heteroatoms. The minimum absolute atomic E-state index is 0.257. The molecule has 0 atom stereocenters. The molecule has 25 heavy (non-hydrogen) atoms. The van der Waals surface area contributed by atoms with Gasteiger partial charge in [0, 0.05) is 18.8 Å². The smallest absolute Gasteiger partial charge is 0.238 e. The zero-order chi connectivity index (χ0) is 17.4. The van der Waals surface area contributed by atoms with E-state index in [2.05, 4.69) is 41.3 Å². The molecule has 3 aromatic rings. The molecule has 128 valence electrons. The summed E-state index contributed by atoms with van der Waals surface area (Å²) in [4.78, 5) is 2.52. The largest absolute Gasteiger partial charge is 0.367 e. The number of sulfonamides is 1. The van der Waals surface area contributed by atoms with E-state index >= 15 is 0 Å². The highest BCUT2D eigenvalue weighted by atomic mass is 32.2. The minimum atomic E-state index is -3.70. The molecular weight excluding hydrogens is 332 g/mol. The number of hydrogen-bond acceptors (Lipinski definition) is 3. The fourth-order valence-electron chi connectivity index (χ4n) is 3.74. The van der Waals surface area contributed by atoms with Gasteiger partial charge in [-0.05, 0) is 46.9 Å². The second kappa shape index (κ2) is 6.17. The van der Waals surface area contributed by atoms with Gasteiger partial charge in [-0.3, -0.25) is 0 Å². The molecule has 4 rings (SSSR count). The third-order valence-electron chi connectivity index (χ3n) is 4.85. The fourth-order valence-corrected chi connectivity index (χ4v) is 4.55. The summed E-state index contributed by atoms with van der Waals surface area (Å²) in [6.07, 6.45) is 1.66. The summed E-state index contributed by atoms with van der Waals surface area (Å²) < 4.78 is 23.8. The minimum Gasteiger partial charge on any atom is -0.367 e. The van der Waals surface area contributed by atoms with Gasteiger partial charge in [-0.15, -0.1) is 0 Å². The molecular formula is C20H20N2O2S. The van der Waals surface area contributed by atoms with E-state index in [9.17, 15) is 8.42 Å². The lowest BCUT2D eigenvalue weighted by molar-refractivity contribution is 0.594. The van der Waals surface area contributed by atoms with Crippen LogP contribution >= 0.6 is 0 Å². The summed E-state index contributed by atoms with van der Waals surface area (Å²) in [5.41, 5.74) is 3.06. The predicted molar refractivity (Wildman–Crippen MR) is 101 cm³/mol. The van der Waals surface area contributed by atoms with Crippen molar-refractivity contribution in [3.63, 3.8) is 0 Å². The Morgan fingerprint density at radius 2 is 1.72 bits per heavy atom. The normalized spacial score (nSPS) is 14.5. The Bertz CT molecular complexity index is 1040. The highest BCUT2D eigenvalue weighted by Gasteiger charge is 2.23. The number of nitrogens with zero attached hydrogens (tertiary/aromatic N) is 1. The number of rotatable bonds is 3. The Morgan fingerprint density at radius 1 is 0.960 bits per heavy atom. The highest BCUT2D eigenvalue weighted by molar-refractivity contribution is 7.89. The summed E-state index contributed by atoms with van der Waals surface area (Å²) >= 11 is 0. The van der Waals surface area contributed by atoms with Gasteiger partial charge in [-0.25, -0.2) is 13.6 Å². The average Bonchev–Trinajstić information content (AvgIpc) is 2.61. The van der Waals surface area contributed by atoms with E-state index in [0.717, 1.165) is 37.2 Å². The van der Waals surface area contributed by atoms with E-state index in [0.29, 0.717) is 0 Å². The zero-order valence-corrected chi connectivity index (χ0v) is 14.7. The van der Waals surface area contributed by atoms with E-state index in [1.165, 1.54) is 16.3 Å². The molecule has 0 unspecified atom stereocenters. The van der Waals surface area contributed by atoms with Crippen molar-refractivity contribution in [2.45, 2.75) is 24.3 Å². The van der Waals surface area contributed by atoms with Crippen LogP contribution in [-0.4, -0.2) is 15.0 Å². The van der Waals surface area contributed by atoms with Gasteiger partial charge in [-0.1, -0.05) is 48.5 Å². The lowest BCUT2D eigenvalue weighted by Crippen LogP contribution is -2.30. The number of anilines is 1. The van der Waals surface area contributed by atoms with Crippen LogP contribution in [-0.2, 0) is 23.0 Å². The first-order chi connectivity index (χ1) is 12.0. The molecule has 0 saturated heterocycles. The predicted octanol–water partition coefficient (Wildman–Crippen LogP) is 3.44. The topological polar surface area (TPSA) is 63.4 Å². The average molecular weight is 352 g/mol. The molecule has 1 aliphatic heterocycles. The SMILES string of the molecule is NS(=O)(=O)c1cccc2c1CCCN2Cc1cccc2ccccc12. The molecule has 0 spiro atoms. The van der Waals surface area contributed by atoms with Crippen LogP contribution < -0.4 is 10.0 Å². The lowest BCUT2D eigenvalue weighted by atomic mass is 9.99. The molecule has 3 aromatic carbocycles. The van der Waals surface area contributed by atoms with Gasteiger partial charge in [0.1, 0.15) is 0 Å². The Kier molecular flexibility index (Phi) is 3.98. The quantitative estimate of drug-likeness (QED) is 0.785. The molecule has 0 saturated carbocycles. The third-order valence-corrected chi connectivity index (χ3v) is 5.85. The first-order valence-electron chi connectivity index (χ1n) is 8.40. The van der Waals surface area contributed by atoms with Gasteiger partial charge in [-0.2, -0.15) is 0 Å². The number of hydrogen-bond donors (Lipinski definition) is 1. The molecule has 0 aromatic heterocycles. The van der Waals surface area contributed by atoms with Crippen molar-refractivity contribution in [1.82, 2.24) is 0 Å². The second-order valence-corrected chi connectivity index (χ2v) is 7.99. The van der Waals surface area contributed by atoms with Crippen molar-refractivity contribution in [2.24, 2.45) is 5.14 Å². The summed E-state index contributed by atoms with van der Waals surface area (Å²) in [7, 11) is -3.70. The number of nitrogens with two attached hydrogens (primary N) is 1. The molecule has 0 bridgehead atoms. The van der Waals surface area contributed by atoms with Crippen molar-refractivity contribution in [2.75, 3.05) is 11.4 Å². The zero-order valence-electron chi connectivity index (χ0n) is 13.9. The number of benzene rings is 3. The van der Waals surface area contributed by atoms with Crippen molar-refractivity contribution >= 4 is 26.5 Å². The van der Waals surface area contributed by atoms with Crippen LogP contribution in [0.4, 0.5) is 5.69 Å². The molecule has 0 radical (unpaired) electrons. The summed E-state index contributed by atoms with van der Waals surface area (Å²) in [6, 6.07) is 20.0. The van der Waals surface area contributed by atoms with Crippen LogP contribution in [0.25, 0.3) is 10.8 Å². The lowest BCUT2D eigenvalue weighted by Gasteiger charge is -2.32. The number of primary sulfonamides is 1.